The van der Waals surface area contributed by atoms with Crippen LogP contribution in [0.25, 0.3) is 0 Å². The minimum absolute atomic E-state index is 0.0527. The minimum Gasteiger partial charge on any atom is -0.395 e. The van der Waals surface area contributed by atoms with Gasteiger partial charge in [0.25, 0.3) is 0 Å². The quantitative estimate of drug-likeness (QED) is 0.791. The van der Waals surface area contributed by atoms with E-state index in [1.807, 2.05) is 4.90 Å². The van der Waals surface area contributed by atoms with Crippen molar-refractivity contribution in [1.29, 1.82) is 0 Å². The van der Waals surface area contributed by atoms with Crippen LogP contribution < -0.4 is 5.32 Å². The van der Waals surface area contributed by atoms with E-state index in [0.717, 1.165) is 12.8 Å². The maximum atomic E-state index is 13.4. The molecule has 0 unspecified atom stereocenters. The Labute approximate surface area is 118 Å². The summed E-state index contributed by atoms with van der Waals surface area (Å²) in [5, 5.41) is 11.8. The molecule has 5 heteroatoms. The van der Waals surface area contributed by atoms with Gasteiger partial charge in [0.15, 0.2) is 0 Å². The number of rotatable bonds is 7. The molecule has 1 aliphatic rings. The van der Waals surface area contributed by atoms with Crippen molar-refractivity contribution in [2.24, 2.45) is 0 Å². The van der Waals surface area contributed by atoms with E-state index < -0.39 is 0 Å². The number of nitrogens with one attached hydrogen (secondary N) is 1. The Hall–Kier alpha value is -1.46. The summed E-state index contributed by atoms with van der Waals surface area (Å²) in [6.07, 6.45) is 3.35. The van der Waals surface area contributed by atoms with Crippen molar-refractivity contribution in [3.8, 4) is 0 Å². The fraction of sp³-hybridized carbons (Fsp3) is 0.533. The Morgan fingerprint density at radius 3 is 2.75 bits per heavy atom. The van der Waals surface area contributed by atoms with Crippen molar-refractivity contribution < 1.29 is 14.3 Å². The molecular weight excluding hydrogens is 259 g/mol. The zero-order chi connectivity index (χ0) is 14.4. The Kier molecular flexibility index (Phi) is 5.49. The van der Waals surface area contributed by atoms with Crippen LogP contribution in [0.1, 0.15) is 24.8 Å². The van der Waals surface area contributed by atoms with Gasteiger partial charge in [-0.15, -0.1) is 0 Å². The van der Waals surface area contributed by atoms with Crippen LogP contribution in [0.15, 0.2) is 24.3 Å². The Balaban J connectivity index is 1.80. The number of aliphatic hydroxyl groups is 1. The maximum absolute atomic E-state index is 13.4. The average Bonchev–Trinajstić information content (AvgIpc) is 2.36. The molecule has 0 heterocycles. The van der Waals surface area contributed by atoms with E-state index in [2.05, 4.69) is 5.32 Å². The highest BCUT2D eigenvalue weighted by Gasteiger charge is 2.25. The highest BCUT2D eigenvalue weighted by Crippen LogP contribution is 2.24. The van der Waals surface area contributed by atoms with Crippen molar-refractivity contribution in [3.63, 3.8) is 0 Å². The number of amides is 1. The number of carbonyl (C=O) groups excluding carboxylic acids is 1. The topological polar surface area (TPSA) is 52.6 Å². The molecule has 1 aliphatic carbocycles. The van der Waals surface area contributed by atoms with Gasteiger partial charge in [-0.25, -0.2) is 4.39 Å². The summed E-state index contributed by atoms with van der Waals surface area (Å²) in [7, 11) is 0. The van der Waals surface area contributed by atoms with E-state index >= 15 is 0 Å². The van der Waals surface area contributed by atoms with Crippen LogP contribution in [0.2, 0.25) is 0 Å². The summed E-state index contributed by atoms with van der Waals surface area (Å²) < 4.78 is 13.4. The third-order valence-corrected chi connectivity index (χ3v) is 3.76. The van der Waals surface area contributed by atoms with Gasteiger partial charge in [-0.05, 0) is 18.9 Å². The third kappa shape index (κ3) is 4.02. The van der Waals surface area contributed by atoms with E-state index in [0.29, 0.717) is 18.2 Å². The second-order valence-electron chi connectivity index (χ2n) is 5.15. The zero-order valence-corrected chi connectivity index (χ0v) is 11.5. The standard InChI is InChI=1S/C15H21FN2O2/c16-14-7-2-1-4-12(14)10-17-15(20)11-18(8-9-19)13-5-3-6-13/h1-2,4,7,13,19H,3,5-6,8-11H2,(H,17,20). The first-order chi connectivity index (χ1) is 9.70. The van der Waals surface area contributed by atoms with Crippen LogP contribution in [0.3, 0.4) is 0 Å². The Bertz CT molecular complexity index is 449. The normalized spacial score (nSPS) is 15.2. The lowest BCUT2D eigenvalue weighted by molar-refractivity contribution is -0.123. The maximum Gasteiger partial charge on any atom is 0.234 e. The number of nitrogens with zero attached hydrogens (tertiary/aromatic N) is 1. The molecule has 110 valence electrons. The average molecular weight is 280 g/mol. The first kappa shape index (κ1) is 14.9. The van der Waals surface area contributed by atoms with Crippen molar-refractivity contribution in [3.05, 3.63) is 35.6 Å². The molecule has 1 aromatic rings. The zero-order valence-electron chi connectivity index (χ0n) is 11.5. The van der Waals surface area contributed by atoms with E-state index in [4.69, 9.17) is 5.11 Å². The molecule has 2 N–H and O–H groups in total. The number of halogens is 1. The lowest BCUT2D eigenvalue weighted by Crippen LogP contribution is -2.47. The molecule has 0 aliphatic heterocycles. The van der Waals surface area contributed by atoms with Gasteiger partial charge >= 0.3 is 0 Å². The van der Waals surface area contributed by atoms with E-state index in [-0.39, 0.29) is 31.4 Å². The first-order valence-corrected chi connectivity index (χ1v) is 7.05. The molecule has 0 atom stereocenters. The predicted molar refractivity (Wildman–Crippen MR) is 74.5 cm³/mol. The first-order valence-electron chi connectivity index (χ1n) is 7.05. The van der Waals surface area contributed by atoms with Gasteiger partial charge in [-0.3, -0.25) is 9.69 Å². The fourth-order valence-electron chi connectivity index (χ4n) is 2.35. The van der Waals surface area contributed by atoms with E-state index in [9.17, 15) is 9.18 Å². The van der Waals surface area contributed by atoms with Gasteiger partial charge in [0, 0.05) is 24.7 Å². The number of carbonyl (C=O) groups is 1. The summed E-state index contributed by atoms with van der Waals surface area (Å²) in [6.45, 7) is 1.03. The smallest absolute Gasteiger partial charge is 0.234 e. The van der Waals surface area contributed by atoms with Crippen LogP contribution in [0.5, 0.6) is 0 Å². The summed E-state index contributed by atoms with van der Waals surface area (Å²) in [5.41, 5.74) is 0.484. The second-order valence-corrected chi connectivity index (χ2v) is 5.15. The third-order valence-electron chi connectivity index (χ3n) is 3.76. The van der Waals surface area contributed by atoms with Crippen molar-refractivity contribution in [2.45, 2.75) is 31.8 Å². The molecular formula is C15H21FN2O2. The molecule has 1 fully saturated rings. The van der Waals surface area contributed by atoms with E-state index in [1.54, 1.807) is 18.2 Å². The molecule has 0 radical (unpaired) electrons. The van der Waals surface area contributed by atoms with Crippen LogP contribution in [0, 0.1) is 5.82 Å². The number of hydrogen-bond acceptors (Lipinski definition) is 3. The molecule has 1 saturated carbocycles. The second kappa shape index (κ2) is 7.36. The molecule has 20 heavy (non-hydrogen) atoms. The molecule has 1 aromatic carbocycles. The van der Waals surface area contributed by atoms with Crippen molar-refractivity contribution >= 4 is 5.91 Å². The van der Waals surface area contributed by atoms with Crippen LogP contribution in [0.4, 0.5) is 4.39 Å². The highest BCUT2D eigenvalue weighted by molar-refractivity contribution is 5.78. The summed E-state index contributed by atoms with van der Waals surface area (Å²) in [5.74, 6) is -0.437. The Morgan fingerprint density at radius 1 is 1.40 bits per heavy atom. The van der Waals surface area contributed by atoms with Gasteiger partial charge in [0.1, 0.15) is 5.82 Å². The molecule has 0 saturated heterocycles. The summed E-state index contributed by atoms with van der Waals surface area (Å²) in [4.78, 5) is 13.9. The highest BCUT2D eigenvalue weighted by atomic mass is 19.1. The number of hydrogen-bond donors (Lipinski definition) is 2. The van der Waals surface area contributed by atoms with Crippen LogP contribution in [-0.4, -0.2) is 41.7 Å². The number of benzene rings is 1. The van der Waals surface area contributed by atoms with Crippen LogP contribution in [-0.2, 0) is 11.3 Å². The summed E-state index contributed by atoms with van der Waals surface area (Å²) in [6, 6.07) is 6.82. The van der Waals surface area contributed by atoms with Crippen molar-refractivity contribution in [1.82, 2.24) is 10.2 Å². The van der Waals surface area contributed by atoms with Crippen LogP contribution >= 0.6 is 0 Å². The van der Waals surface area contributed by atoms with Crippen molar-refractivity contribution in [2.75, 3.05) is 19.7 Å². The van der Waals surface area contributed by atoms with Gasteiger partial charge < -0.3 is 10.4 Å². The van der Waals surface area contributed by atoms with E-state index in [1.165, 1.54) is 12.5 Å². The molecule has 0 bridgehead atoms. The monoisotopic (exact) mass is 280 g/mol. The van der Waals surface area contributed by atoms with Gasteiger partial charge in [-0.2, -0.15) is 0 Å². The fourth-order valence-corrected chi connectivity index (χ4v) is 2.35. The predicted octanol–water partition coefficient (Wildman–Crippen LogP) is 1.29. The number of aliphatic hydroxyl groups excluding tert-OH is 1. The Morgan fingerprint density at radius 2 is 2.15 bits per heavy atom. The van der Waals surface area contributed by atoms with Gasteiger partial charge in [0.2, 0.25) is 5.91 Å². The summed E-state index contributed by atoms with van der Waals surface area (Å²) >= 11 is 0. The molecule has 2 rings (SSSR count). The lowest BCUT2D eigenvalue weighted by atomic mass is 9.91. The van der Waals surface area contributed by atoms with Gasteiger partial charge in [0.05, 0.1) is 13.2 Å². The SMILES string of the molecule is O=C(CN(CCO)C1CCC1)NCc1ccccc1F. The molecule has 4 nitrogen and oxygen atoms in total. The largest absolute Gasteiger partial charge is 0.395 e. The molecule has 0 spiro atoms. The minimum atomic E-state index is -0.306. The molecule has 0 aromatic heterocycles. The molecule has 1 amide bonds. The lowest BCUT2D eigenvalue weighted by Gasteiger charge is -2.36. The van der Waals surface area contributed by atoms with Gasteiger partial charge in [-0.1, -0.05) is 24.6 Å².